The molecule has 0 aliphatic carbocycles. The molecule has 7 nitrogen and oxygen atoms in total. The predicted octanol–water partition coefficient (Wildman–Crippen LogP) is 4.99. The molecule has 2 aromatic carbocycles. The fraction of sp³-hybridized carbons (Fsp3) is 0.217. The van der Waals surface area contributed by atoms with Crippen LogP contribution in [0.2, 0.25) is 5.28 Å². The Morgan fingerprint density at radius 2 is 1.81 bits per heavy atom. The van der Waals surface area contributed by atoms with E-state index in [1.807, 2.05) is 61.0 Å². The summed E-state index contributed by atoms with van der Waals surface area (Å²) < 4.78 is 13.3. The fourth-order valence-electron chi connectivity index (χ4n) is 3.47. The molecule has 158 valence electrons. The molecule has 0 amide bonds. The first kappa shape index (κ1) is 20.8. The number of aliphatic imine (C=N–C) groups is 1. The second kappa shape index (κ2) is 8.73. The Labute approximate surface area is 185 Å². The van der Waals surface area contributed by atoms with E-state index in [-0.39, 0.29) is 5.28 Å². The summed E-state index contributed by atoms with van der Waals surface area (Å²) in [5.74, 6) is 1.85. The van der Waals surface area contributed by atoms with E-state index in [2.05, 4.69) is 19.9 Å². The normalized spacial score (nSPS) is 11.4. The predicted molar refractivity (Wildman–Crippen MR) is 122 cm³/mol. The highest BCUT2D eigenvalue weighted by atomic mass is 35.5. The van der Waals surface area contributed by atoms with Gasteiger partial charge < -0.3 is 14.0 Å². The highest BCUT2D eigenvalue weighted by molar-refractivity contribution is 6.28. The van der Waals surface area contributed by atoms with Crippen LogP contribution in [0, 0.1) is 13.8 Å². The molecule has 2 aromatic heterocycles. The maximum absolute atomic E-state index is 6.23. The van der Waals surface area contributed by atoms with Crippen LogP contribution in [0.5, 0.6) is 17.4 Å². The minimum absolute atomic E-state index is 0.101. The minimum atomic E-state index is 0.101. The van der Waals surface area contributed by atoms with Crippen molar-refractivity contribution in [3.8, 4) is 17.4 Å². The molecule has 0 N–H and O–H groups in total. The minimum Gasteiger partial charge on any atom is -0.497 e. The van der Waals surface area contributed by atoms with Gasteiger partial charge in [0.15, 0.2) is 11.2 Å². The number of benzene rings is 2. The zero-order valence-corrected chi connectivity index (χ0v) is 18.5. The maximum atomic E-state index is 6.23. The molecule has 0 saturated carbocycles. The van der Waals surface area contributed by atoms with Crippen molar-refractivity contribution in [1.82, 2.24) is 19.5 Å². The summed E-state index contributed by atoms with van der Waals surface area (Å²) in [7, 11) is 3.39. The molecule has 0 bridgehead atoms. The second-order valence-corrected chi connectivity index (χ2v) is 7.50. The summed E-state index contributed by atoms with van der Waals surface area (Å²) in [6.45, 7) is 4.55. The van der Waals surface area contributed by atoms with Crippen molar-refractivity contribution in [3.63, 3.8) is 0 Å². The number of halogens is 1. The number of hydrogen-bond acceptors (Lipinski definition) is 6. The van der Waals surface area contributed by atoms with E-state index >= 15 is 0 Å². The zero-order valence-electron chi connectivity index (χ0n) is 17.8. The summed E-state index contributed by atoms with van der Waals surface area (Å²) in [6, 6.07) is 11.9. The summed E-state index contributed by atoms with van der Waals surface area (Å²) in [5, 5.41) is 0.101. The lowest BCUT2D eigenvalue weighted by molar-refractivity contribution is 0.414. The van der Waals surface area contributed by atoms with Crippen LogP contribution in [-0.4, -0.2) is 39.9 Å². The third-order valence-corrected chi connectivity index (χ3v) is 5.05. The number of ether oxygens (including phenoxy) is 2. The number of aryl methyl sites for hydroxylation is 2. The molecule has 0 radical (unpaired) electrons. The molecular formula is C23H22ClN5O2. The summed E-state index contributed by atoms with van der Waals surface area (Å²) in [6.07, 6.45) is 3.53. The highest BCUT2D eigenvalue weighted by Gasteiger charge is 2.17. The Kier molecular flexibility index (Phi) is 5.86. The van der Waals surface area contributed by atoms with E-state index in [0.717, 1.165) is 28.0 Å². The summed E-state index contributed by atoms with van der Waals surface area (Å²) >= 11 is 6.23. The Bertz CT molecular complexity index is 1240. The van der Waals surface area contributed by atoms with Crippen LogP contribution in [0.25, 0.3) is 11.2 Å². The van der Waals surface area contributed by atoms with Gasteiger partial charge in [0.05, 0.1) is 20.0 Å². The first-order valence-electron chi connectivity index (χ1n) is 9.71. The van der Waals surface area contributed by atoms with Crippen LogP contribution in [0.3, 0.4) is 0 Å². The Morgan fingerprint density at radius 3 is 2.45 bits per heavy atom. The number of nitrogens with zero attached hydrogens (tertiary/aromatic N) is 5. The van der Waals surface area contributed by atoms with Crippen molar-refractivity contribution in [3.05, 3.63) is 70.3 Å². The van der Waals surface area contributed by atoms with Gasteiger partial charge in [-0.2, -0.15) is 9.97 Å². The fourth-order valence-corrected chi connectivity index (χ4v) is 3.63. The highest BCUT2D eigenvalue weighted by Crippen LogP contribution is 2.32. The van der Waals surface area contributed by atoms with Crippen LogP contribution < -0.4 is 9.47 Å². The van der Waals surface area contributed by atoms with E-state index in [1.165, 1.54) is 0 Å². The molecule has 8 heteroatoms. The smallest absolute Gasteiger partial charge is 0.252 e. The third kappa shape index (κ3) is 4.36. The second-order valence-electron chi connectivity index (χ2n) is 7.16. The Hall–Kier alpha value is -3.45. The molecule has 0 unspecified atom stereocenters. The van der Waals surface area contributed by atoms with Gasteiger partial charge in [0.1, 0.15) is 11.5 Å². The molecular weight excluding hydrogens is 414 g/mol. The van der Waals surface area contributed by atoms with Crippen molar-refractivity contribution in [1.29, 1.82) is 0 Å². The maximum Gasteiger partial charge on any atom is 0.252 e. The average molecular weight is 436 g/mol. The van der Waals surface area contributed by atoms with Crippen molar-refractivity contribution < 1.29 is 9.47 Å². The molecule has 0 aliphatic rings. The van der Waals surface area contributed by atoms with Gasteiger partial charge >= 0.3 is 0 Å². The summed E-state index contributed by atoms with van der Waals surface area (Å²) in [5.41, 5.74) is 5.19. The Morgan fingerprint density at radius 1 is 1.10 bits per heavy atom. The van der Waals surface area contributed by atoms with E-state index in [1.54, 1.807) is 20.5 Å². The van der Waals surface area contributed by atoms with E-state index in [0.29, 0.717) is 29.3 Å². The van der Waals surface area contributed by atoms with Crippen molar-refractivity contribution in [2.24, 2.45) is 4.99 Å². The molecule has 0 saturated heterocycles. The molecule has 0 atom stereocenters. The third-order valence-electron chi connectivity index (χ3n) is 4.88. The number of rotatable bonds is 6. The first-order valence-corrected chi connectivity index (χ1v) is 10.1. The molecule has 31 heavy (non-hydrogen) atoms. The molecule has 4 aromatic rings. The quantitative estimate of drug-likeness (QED) is 0.315. The molecule has 0 aliphatic heterocycles. The summed E-state index contributed by atoms with van der Waals surface area (Å²) in [4.78, 5) is 17.3. The van der Waals surface area contributed by atoms with Gasteiger partial charge in [0.2, 0.25) is 5.28 Å². The van der Waals surface area contributed by atoms with Gasteiger partial charge in [0.25, 0.3) is 5.88 Å². The number of methoxy groups -OCH3 is 1. The van der Waals surface area contributed by atoms with E-state index in [9.17, 15) is 0 Å². The zero-order chi connectivity index (χ0) is 22.0. The number of imidazole rings is 1. The largest absolute Gasteiger partial charge is 0.497 e. The van der Waals surface area contributed by atoms with Crippen LogP contribution in [0.15, 0.2) is 47.7 Å². The van der Waals surface area contributed by atoms with Crippen molar-refractivity contribution in [2.75, 3.05) is 14.2 Å². The van der Waals surface area contributed by atoms with Crippen molar-refractivity contribution >= 4 is 29.0 Å². The molecule has 2 heterocycles. The van der Waals surface area contributed by atoms with E-state index in [4.69, 9.17) is 21.1 Å². The van der Waals surface area contributed by atoms with Gasteiger partial charge in [0, 0.05) is 13.3 Å². The number of fused-ring (bicyclic) bond motifs is 1. The molecule has 0 fully saturated rings. The van der Waals surface area contributed by atoms with E-state index < -0.39 is 0 Å². The van der Waals surface area contributed by atoms with Gasteiger partial charge in [-0.15, -0.1) is 0 Å². The van der Waals surface area contributed by atoms with Gasteiger partial charge in [-0.05, 0) is 72.0 Å². The van der Waals surface area contributed by atoms with Gasteiger partial charge in [-0.3, -0.25) is 4.99 Å². The van der Waals surface area contributed by atoms with Crippen LogP contribution in [0.4, 0.5) is 0 Å². The van der Waals surface area contributed by atoms with Gasteiger partial charge in [-0.25, -0.2) is 4.98 Å². The molecule has 0 spiro atoms. The monoisotopic (exact) mass is 435 g/mol. The SMILES string of the molecule is CN=Cc1cc(C)c(Oc2nc(Cl)nc3c2ncn3Cc2ccc(OC)cc2)c(C)c1. The lowest BCUT2D eigenvalue weighted by atomic mass is 10.1. The van der Waals surface area contributed by atoms with Crippen molar-refractivity contribution in [2.45, 2.75) is 20.4 Å². The first-order chi connectivity index (χ1) is 15.0. The Balaban J connectivity index is 1.70. The standard InChI is InChI=1S/C23H22ClN5O2/c1-14-9-17(11-25-3)10-15(2)20(14)31-22-19-21(27-23(24)28-22)29(13-26-19)12-16-5-7-18(30-4)8-6-16/h5-11,13H,12H2,1-4H3. The number of aromatic nitrogens is 4. The average Bonchev–Trinajstić information content (AvgIpc) is 3.14. The van der Waals surface area contributed by atoms with Crippen LogP contribution in [0.1, 0.15) is 22.3 Å². The topological polar surface area (TPSA) is 74.4 Å². The van der Waals surface area contributed by atoms with Crippen LogP contribution in [-0.2, 0) is 6.54 Å². The van der Waals surface area contributed by atoms with Crippen LogP contribution >= 0.6 is 11.6 Å². The lowest BCUT2D eigenvalue weighted by Crippen LogP contribution is -2.01. The number of hydrogen-bond donors (Lipinski definition) is 0. The molecule has 4 rings (SSSR count). The lowest BCUT2D eigenvalue weighted by Gasteiger charge is -2.12. The van der Waals surface area contributed by atoms with Gasteiger partial charge in [-0.1, -0.05) is 12.1 Å².